The zero-order chi connectivity index (χ0) is 27.8. The lowest BCUT2D eigenvalue weighted by molar-refractivity contribution is -0.153. The van der Waals surface area contributed by atoms with Crippen LogP contribution in [0.4, 0.5) is 18.9 Å². The summed E-state index contributed by atoms with van der Waals surface area (Å²) in [5.74, 6) is -2.19. The molecule has 1 fully saturated rings. The molecule has 0 aromatic heterocycles. The average molecular weight is 531 g/mol. The van der Waals surface area contributed by atoms with Crippen LogP contribution in [0, 0.1) is 11.3 Å². The van der Waals surface area contributed by atoms with E-state index in [2.05, 4.69) is 15.6 Å². The molecule has 0 bridgehead atoms. The number of halogens is 3. The number of alkyl halides is 3. The number of aliphatic imine (C=N–C) groups is 1. The molecular formula is C27H29F3N4O4. The van der Waals surface area contributed by atoms with Gasteiger partial charge in [0.15, 0.2) is 0 Å². The number of nitrogens with zero attached hydrogens (tertiary/aromatic N) is 2. The summed E-state index contributed by atoms with van der Waals surface area (Å²) in [6, 6.07) is 11.2. The predicted molar refractivity (Wildman–Crippen MR) is 134 cm³/mol. The maximum Gasteiger partial charge on any atom is 0.416 e. The lowest BCUT2D eigenvalue weighted by atomic mass is 9.67. The van der Waals surface area contributed by atoms with Crippen molar-refractivity contribution in [1.29, 1.82) is 0 Å². The quantitative estimate of drug-likeness (QED) is 0.393. The Labute approximate surface area is 217 Å². The minimum Gasteiger partial charge on any atom is -0.373 e. The maximum absolute atomic E-state index is 13.4. The van der Waals surface area contributed by atoms with Crippen LogP contribution in [0.5, 0.6) is 0 Å². The number of para-hydroxylation sites is 1. The van der Waals surface area contributed by atoms with Crippen LogP contribution in [0.15, 0.2) is 53.5 Å². The van der Waals surface area contributed by atoms with Gasteiger partial charge < -0.3 is 20.6 Å². The number of aliphatic hydroxyl groups is 1. The highest BCUT2D eigenvalue weighted by Crippen LogP contribution is 2.42. The van der Waals surface area contributed by atoms with E-state index in [1.807, 2.05) is 0 Å². The Bertz CT molecular complexity index is 1270. The molecule has 0 spiro atoms. The third kappa shape index (κ3) is 5.02. The normalized spacial score (nSPS) is 19.6. The number of carbonyl (C=O) groups excluding carboxylic acids is 3. The summed E-state index contributed by atoms with van der Waals surface area (Å²) in [5.41, 5.74) is -0.787. The van der Waals surface area contributed by atoms with Gasteiger partial charge in [-0.15, -0.1) is 0 Å². The molecule has 1 aliphatic carbocycles. The van der Waals surface area contributed by atoms with E-state index in [1.54, 1.807) is 38.1 Å². The van der Waals surface area contributed by atoms with Crippen molar-refractivity contribution in [2.24, 2.45) is 16.3 Å². The molecule has 1 saturated carbocycles. The molecule has 0 radical (unpaired) electrons. The first-order valence-corrected chi connectivity index (χ1v) is 12.3. The van der Waals surface area contributed by atoms with E-state index < -0.39 is 47.3 Å². The molecule has 3 N–H and O–H groups in total. The molecule has 0 unspecified atom stereocenters. The topological polar surface area (TPSA) is 111 Å². The Morgan fingerprint density at radius 2 is 1.71 bits per heavy atom. The number of aliphatic hydroxyl groups excluding tert-OH is 1. The average Bonchev–Trinajstić information content (AvgIpc) is 2.93. The van der Waals surface area contributed by atoms with Gasteiger partial charge in [0, 0.05) is 18.2 Å². The van der Waals surface area contributed by atoms with Crippen molar-refractivity contribution >= 4 is 29.1 Å². The first-order valence-electron chi connectivity index (χ1n) is 12.3. The first-order chi connectivity index (χ1) is 17.8. The van der Waals surface area contributed by atoms with Crippen molar-refractivity contribution in [2.75, 3.05) is 11.9 Å². The molecule has 202 valence electrons. The number of hydrogen-bond donors (Lipinski definition) is 3. The third-order valence-corrected chi connectivity index (χ3v) is 7.08. The second kappa shape index (κ2) is 10.2. The van der Waals surface area contributed by atoms with Crippen LogP contribution in [0.2, 0.25) is 0 Å². The Morgan fingerprint density at radius 1 is 1.08 bits per heavy atom. The second-order valence-corrected chi connectivity index (χ2v) is 9.94. The van der Waals surface area contributed by atoms with Gasteiger partial charge in [0.2, 0.25) is 18.0 Å². The van der Waals surface area contributed by atoms with E-state index in [1.165, 1.54) is 24.1 Å². The third-order valence-electron chi connectivity index (χ3n) is 7.08. The van der Waals surface area contributed by atoms with E-state index >= 15 is 0 Å². The summed E-state index contributed by atoms with van der Waals surface area (Å²) in [4.78, 5) is 45.6. The van der Waals surface area contributed by atoms with Gasteiger partial charge in [-0.3, -0.25) is 14.4 Å². The van der Waals surface area contributed by atoms with Crippen molar-refractivity contribution in [3.8, 4) is 0 Å². The smallest absolute Gasteiger partial charge is 0.373 e. The zero-order valence-corrected chi connectivity index (χ0v) is 21.2. The molecule has 38 heavy (non-hydrogen) atoms. The summed E-state index contributed by atoms with van der Waals surface area (Å²) < 4.78 is 39.4. The van der Waals surface area contributed by atoms with Crippen molar-refractivity contribution in [3.63, 3.8) is 0 Å². The molecule has 0 saturated heterocycles. The lowest BCUT2D eigenvalue weighted by Crippen LogP contribution is -2.60. The van der Waals surface area contributed by atoms with Crippen LogP contribution in [0.25, 0.3) is 0 Å². The summed E-state index contributed by atoms with van der Waals surface area (Å²) >= 11 is 0. The molecule has 2 aromatic rings. The number of hydrogen-bond acceptors (Lipinski definition) is 5. The summed E-state index contributed by atoms with van der Waals surface area (Å²) in [5, 5.41) is 15.2. The highest BCUT2D eigenvalue weighted by Gasteiger charge is 2.52. The number of anilines is 1. The zero-order valence-electron chi connectivity index (χ0n) is 21.2. The summed E-state index contributed by atoms with van der Waals surface area (Å²) in [6.07, 6.45) is -6.00. The lowest BCUT2D eigenvalue weighted by Gasteiger charge is -2.39. The van der Waals surface area contributed by atoms with Gasteiger partial charge in [-0.1, -0.05) is 50.6 Å². The van der Waals surface area contributed by atoms with Gasteiger partial charge >= 0.3 is 6.18 Å². The fourth-order valence-electron chi connectivity index (χ4n) is 4.45. The highest BCUT2D eigenvalue weighted by atomic mass is 19.4. The van der Waals surface area contributed by atoms with E-state index in [4.69, 9.17) is 0 Å². The number of carbonyl (C=O) groups is 3. The van der Waals surface area contributed by atoms with Crippen LogP contribution < -0.4 is 15.5 Å². The molecule has 2 atom stereocenters. The summed E-state index contributed by atoms with van der Waals surface area (Å²) in [6.45, 7) is 3.43. The van der Waals surface area contributed by atoms with Crippen LogP contribution >= 0.6 is 0 Å². The van der Waals surface area contributed by atoms with Crippen LogP contribution in [0.3, 0.4) is 0 Å². The highest BCUT2D eigenvalue weighted by molar-refractivity contribution is 6.20. The van der Waals surface area contributed by atoms with Crippen molar-refractivity contribution in [3.05, 3.63) is 65.2 Å². The molecule has 1 heterocycles. The van der Waals surface area contributed by atoms with E-state index in [0.717, 1.165) is 12.1 Å². The largest absolute Gasteiger partial charge is 0.416 e. The first kappa shape index (κ1) is 27.3. The molecule has 4 rings (SSSR count). The van der Waals surface area contributed by atoms with Crippen molar-refractivity contribution in [2.45, 2.75) is 51.7 Å². The van der Waals surface area contributed by atoms with Crippen LogP contribution in [-0.2, 0) is 20.6 Å². The molecule has 8 nitrogen and oxygen atoms in total. The monoisotopic (exact) mass is 530 g/mol. The number of nitrogens with one attached hydrogen (secondary N) is 2. The van der Waals surface area contributed by atoms with Crippen molar-refractivity contribution in [1.82, 2.24) is 10.6 Å². The molecule has 2 aromatic carbocycles. The number of amides is 3. The Hall–Kier alpha value is -3.73. The van der Waals surface area contributed by atoms with E-state index in [0.29, 0.717) is 23.2 Å². The van der Waals surface area contributed by atoms with Gasteiger partial charge in [-0.25, -0.2) is 4.99 Å². The number of benzodiazepines with no additional fused rings is 1. The molecule has 1 aliphatic heterocycles. The maximum atomic E-state index is 13.4. The standard InChI is InChI=1S/C27H29F3N4O4/c1-15(2)22(35)33-25(38)26(13-6-14-26)24(37)32-21-23(36)34(3)19-8-5-4-7-18(19)20(31-21)16-9-11-17(12-10-16)27(28,29)30/h4-5,7-12,15,21-22,35H,6,13-14H2,1-3H3,(H,32,37)(H,33,38)/t21-,22+/m1/s1. The number of fused-ring (bicyclic) bond motifs is 1. The minimum atomic E-state index is -4.52. The van der Waals surface area contributed by atoms with Crippen molar-refractivity contribution < 1.29 is 32.7 Å². The number of rotatable bonds is 6. The predicted octanol–water partition coefficient (Wildman–Crippen LogP) is 3.22. The SMILES string of the molecule is CC(C)[C@H](O)NC(=O)C1(C(=O)N[C@H]2N=C(c3ccc(C(F)(F)F)cc3)c3ccccc3N(C)C2=O)CCC1. The van der Waals surface area contributed by atoms with Gasteiger partial charge in [0.25, 0.3) is 5.91 Å². The summed E-state index contributed by atoms with van der Waals surface area (Å²) in [7, 11) is 1.51. The van der Waals surface area contributed by atoms with Gasteiger partial charge in [0.1, 0.15) is 11.6 Å². The molecular weight excluding hydrogens is 501 g/mol. The number of benzene rings is 2. The Kier molecular flexibility index (Phi) is 7.33. The van der Waals surface area contributed by atoms with Gasteiger partial charge in [-0.2, -0.15) is 13.2 Å². The van der Waals surface area contributed by atoms with Crippen LogP contribution in [0.1, 0.15) is 49.8 Å². The Balaban J connectivity index is 1.70. The van der Waals surface area contributed by atoms with E-state index in [9.17, 15) is 32.7 Å². The van der Waals surface area contributed by atoms with Crippen LogP contribution in [-0.4, -0.2) is 48.0 Å². The minimum absolute atomic E-state index is 0.222. The van der Waals surface area contributed by atoms with Gasteiger partial charge in [-0.05, 0) is 37.0 Å². The number of likely N-dealkylation sites (N-methyl/N-ethyl adjacent to an activating group) is 1. The molecule has 2 aliphatic rings. The Morgan fingerprint density at radius 3 is 2.26 bits per heavy atom. The molecule has 11 heteroatoms. The van der Waals surface area contributed by atoms with E-state index in [-0.39, 0.29) is 24.5 Å². The second-order valence-electron chi connectivity index (χ2n) is 9.94. The van der Waals surface area contributed by atoms with Gasteiger partial charge in [0.05, 0.1) is 17.0 Å². The fraction of sp³-hybridized carbons (Fsp3) is 0.407. The molecule has 3 amide bonds. The fourth-order valence-corrected chi connectivity index (χ4v) is 4.45.